The molecule has 1 aromatic rings. The standard InChI is InChI=1S/C17H29N5O/c1-18-17(21(2)11-14-7-10-23-13-14)19-8-6-15-12-22-9-4-3-5-16(22)20-15/h12,14H,3-11,13H2,1-2H3,(H,18,19). The Bertz CT molecular complexity index is 510. The topological polar surface area (TPSA) is 54.7 Å². The molecule has 1 unspecified atom stereocenters. The summed E-state index contributed by atoms with van der Waals surface area (Å²) in [7, 11) is 3.95. The molecule has 1 N–H and O–H groups in total. The van der Waals surface area contributed by atoms with Gasteiger partial charge in [-0.15, -0.1) is 0 Å². The number of guanidine groups is 1. The molecule has 0 bridgehead atoms. The molecule has 1 fully saturated rings. The first-order chi connectivity index (χ1) is 11.3. The average molecular weight is 319 g/mol. The number of imidazole rings is 1. The maximum atomic E-state index is 5.45. The number of aromatic nitrogens is 2. The lowest BCUT2D eigenvalue weighted by Gasteiger charge is -2.24. The van der Waals surface area contributed by atoms with Crippen molar-refractivity contribution in [3.05, 3.63) is 17.7 Å². The average Bonchev–Trinajstić information content (AvgIpc) is 3.20. The van der Waals surface area contributed by atoms with E-state index in [9.17, 15) is 0 Å². The third-order valence-electron chi connectivity index (χ3n) is 4.75. The summed E-state index contributed by atoms with van der Waals surface area (Å²) in [5.41, 5.74) is 1.19. The van der Waals surface area contributed by atoms with Crippen LogP contribution in [-0.4, -0.2) is 60.8 Å². The molecule has 0 spiro atoms. The molecule has 3 heterocycles. The van der Waals surface area contributed by atoms with Gasteiger partial charge in [0, 0.05) is 65.3 Å². The van der Waals surface area contributed by atoms with Gasteiger partial charge < -0.3 is 19.5 Å². The second kappa shape index (κ2) is 7.81. The van der Waals surface area contributed by atoms with Crippen LogP contribution >= 0.6 is 0 Å². The summed E-state index contributed by atoms with van der Waals surface area (Å²) in [5.74, 6) is 2.84. The second-order valence-electron chi connectivity index (χ2n) is 6.63. The molecule has 0 amide bonds. The van der Waals surface area contributed by atoms with Crippen molar-refractivity contribution in [1.29, 1.82) is 0 Å². The Morgan fingerprint density at radius 2 is 2.43 bits per heavy atom. The minimum absolute atomic E-state index is 0.624. The molecule has 0 aliphatic carbocycles. The second-order valence-corrected chi connectivity index (χ2v) is 6.63. The van der Waals surface area contributed by atoms with Crippen molar-refractivity contribution in [2.24, 2.45) is 10.9 Å². The summed E-state index contributed by atoms with van der Waals surface area (Å²) in [6, 6.07) is 0. The smallest absolute Gasteiger partial charge is 0.193 e. The number of nitrogens with one attached hydrogen (secondary N) is 1. The molecule has 1 saturated heterocycles. The number of aliphatic imine (C=N–C) groups is 1. The van der Waals surface area contributed by atoms with E-state index in [0.717, 1.165) is 58.1 Å². The van der Waals surface area contributed by atoms with Crippen molar-refractivity contribution in [3.8, 4) is 0 Å². The highest BCUT2D eigenvalue weighted by Gasteiger charge is 2.19. The van der Waals surface area contributed by atoms with E-state index in [1.807, 2.05) is 7.05 Å². The van der Waals surface area contributed by atoms with Gasteiger partial charge in [-0.25, -0.2) is 4.98 Å². The van der Waals surface area contributed by atoms with Crippen molar-refractivity contribution in [1.82, 2.24) is 19.8 Å². The van der Waals surface area contributed by atoms with Crippen molar-refractivity contribution in [2.45, 2.75) is 38.6 Å². The summed E-state index contributed by atoms with van der Waals surface area (Å²) >= 11 is 0. The number of ether oxygens (including phenoxy) is 1. The molecule has 128 valence electrons. The Balaban J connectivity index is 1.45. The number of rotatable bonds is 5. The van der Waals surface area contributed by atoms with Crippen LogP contribution in [0.15, 0.2) is 11.2 Å². The number of aryl methyl sites for hydroxylation is 2. The third kappa shape index (κ3) is 4.25. The summed E-state index contributed by atoms with van der Waals surface area (Å²) in [6.07, 6.45) is 8.00. The van der Waals surface area contributed by atoms with Crippen LogP contribution in [0.1, 0.15) is 30.8 Å². The predicted molar refractivity (Wildman–Crippen MR) is 91.8 cm³/mol. The van der Waals surface area contributed by atoms with Crippen molar-refractivity contribution >= 4 is 5.96 Å². The van der Waals surface area contributed by atoms with Crippen LogP contribution in [-0.2, 0) is 24.1 Å². The van der Waals surface area contributed by atoms with Gasteiger partial charge >= 0.3 is 0 Å². The van der Waals surface area contributed by atoms with Gasteiger partial charge in [-0.1, -0.05) is 0 Å². The summed E-state index contributed by atoms with van der Waals surface area (Å²) in [4.78, 5) is 11.4. The van der Waals surface area contributed by atoms with Gasteiger partial charge in [0.25, 0.3) is 0 Å². The van der Waals surface area contributed by atoms with Gasteiger partial charge in [-0.2, -0.15) is 0 Å². The summed E-state index contributed by atoms with van der Waals surface area (Å²) in [6.45, 7) is 4.77. The summed E-state index contributed by atoms with van der Waals surface area (Å²) in [5, 5.41) is 3.46. The minimum atomic E-state index is 0.624. The largest absolute Gasteiger partial charge is 0.381 e. The van der Waals surface area contributed by atoms with E-state index < -0.39 is 0 Å². The van der Waals surface area contributed by atoms with E-state index in [4.69, 9.17) is 9.72 Å². The number of nitrogens with zero attached hydrogens (tertiary/aromatic N) is 4. The molecule has 1 aromatic heterocycles. The molecule has 2 aliphatic heterocycles. The Morgan fingerprint density at radius 1 is 1.52 bits per heavy atom. The highest BCUT2D eigenvalue weighted by Crippen LogP contribution is 2.15. The van der Waals surface area contributed by atoms with Crippen LogP contribution in [0.5, 0.6) is 0 Å². The molecule has 6 heteroatoms. The SMILES string of the molecule is CN=C(NCCc1cn2c(n1)CCCC2)N(C)CC1CCOC1. The molecule has 0 radical (unpaired) electrons. The molecule has 6 nitrogen and oxygen atoms in total. The number of hydrogen-bond donors (Lipinski definition) is 1. The number of hydrogen-bond acceptors (Lipinski definition) is 3. The van der Waals surface area contributed by atoms with Gasteiger partial charge in [0.05, 0.1) is 12.3 Å². The van der Waals surface area contributed by atoms with Crippen LogP contribution in [0.4, 0.5) is 0 Å². The normalized spacial score (nSPS) is 21.3. The first-order valence-corrected chi connectivity index (χ1v) is 8.80. The zero-order chi connectivity index (χ0) is 16.1. The zero-order valence-corrected chi connectivity index (χ0v) is 14.4. The van der Waals surface area contributed by atoms with E-state index in [1.54, 1.807) is 0 Å². The van der Waals surface area contributed by atoms with Gasteiger partial charge in [0.1, 0.15) is 5.82 Å². The molecular formula is C17H29N5O. The fraction of sp³-hybridized carbons (Fsp3) is 0.765. The minimum Gasteiger partial charge on any atom is -0.381 e. The highest BCUT2D eigenvalue weighted by molar-refractivity contribution is 5.79. The van der Waals surface area contributed by atoms with Crippen LogP contribution in [0.25, 0.3) is 0 Å². The zero-order valence-electron chi connectivity index (χ0n) is 14.4. The molecule has 3 rings (SSSR count). The molecule has 0 aromatic carbocycles. The van der Waals surface area contributed by atoms with E-state index >= 15 is 0 Å². The van der Waals surface area contributed by atoms with E-state index in [2.05, 4.69) is 33.0 Å². The predicted octanol–water partition coefficient (Wildman–Crippen LogP) is 1.31. The first kappa shape index (κ1) is 16.3. The monoisotopic (exact) mass is 319 g/mol. The Hall–Kier alpha value is -1.56. The highest BCUT2D eigenvalue weighted by atomic mass is 16.5. The summed E-state index contributed by atoms with van der Waals surface area (Å²) < 4.78 is 7.77. The molecule has 0 saturated carbocycles. The van der Waals surface area contributed by atoms with Crippen LogP contribution in [0.2, 0.25) is 0 Å². The van der Waals surface area contributed by atoms with Gasteiger partial charge in [0.15, 0.2) is 5.96 Å². The Morgan fingerprint density at radius 3 is 3.17 bits per heavy atom. The molecule has 1 atom stereocenters. The maximum absolute atomic E-state index is 5.45. The number of fused-ring (bicyclic) bond motifs is 1. The molecule has 2 aliphatic rings. The van der Waals surface area contributed by atoms with Gasteiger partial charge in [0.2, 0.25) is 0 Å². The fourth-order valence-corrected chi connectivity index (χ4v) is 3.48. The van der Waals surface area contributed by atoms with Crippen molar-refractivity contribution < 1.29 is 4.74 Å². The lowest BCUT2D eigenvalue weighted by atomic mass is 10.1. The third-order valence-corrected chi connectivity index (χ3v) is 4.75. The lowest BCUT2D eigenvalue weighted by Crippen LogP contribution is -2.42. The van der Waals surface area contributed by atoms with Crippen molar-refractivity contribution in [3.63, 3.8) is 0 Å². The van der Waals surface area contributed by atoms with Gasteiger partial charge in [-0.3, -0.25) is 4.99 Å². The van der Waals surface area contributed by atoms with E-state index in [1.165, 1.54) is 24.4 Å². The fourth-order valence-electron chi connectivity index (χ4n) is 3.48. The Labute approximate surface area is 138 Å². The quantitative estimate of drug-likeness (QED) is 0.657. The first-order valence-electron chi connectivity index (χ1n) is 8.80. The van der Waals surface area contributed by atoms with E-state index in [0.29, 0.717) is 5.92 Å². The maximum Gasteiger partial charge on any atom is 0.193 e. The van der Waals surface area contributed by atoms with Crippen LogP contribution in [0.3, 0.4) is 0 Å². The molecular weight excluding hydrogens is 290 g/mol. The molecule has 23 heavy (non-hydrogen) atoms. The Kier molecular flexibility index (Phi) is 5.54. The van der Waals surface area contributed by atoms with Gasteiger partial charge in [-0.05, 0) is 19.3 Å². The van der Waals surface area contributed by atoms with Crippen LogP contribution < -0.4 is 5.32 Å². The van der Waals surface area contributed by atoms with Crippen molar-refractivity contribution in [2.75, 3.05) is 40.4 Å². The van der Waals surface area contributed by atoms with Crippen LogP contribution in [0, 0.1) is 5.92 Å². The lowest BCUT2D eigenvalue weighted by molar-refractivity contribution is 0.181. The van der Waals surface area contributed by atoms with E-state index in [-0.39, 0.29) is 0 Å².